The number of rotatable bonds is 0. The van der Waals surface area contributed by atoms with Crippen LogP contribution in [0.25, 0.3) is 0 Å². The first-order valence-corrected chi connectivity index (χ1v) is 7.74. The average Bonchev–Trinajstić information content (AvgIpc) is 2.47. The van der Waals surface area contributed by atoms with Crippen molar-refractivity contribution in [2.75, 3.05) is 13.1 Å². The van der Waals surface area contributed by atoms with Gasteiger partial charge in [-0.15, -0.1) is 0 Å². The van der Waals surface area contributed by atoms with E-state index in [0.717, 1.165) is 49.5 Å². The molecule has 0 N–H and O–H groups in total. The van der Waals surface area contributed by atoms with Gasteiger partial charge in [0.2, 0.25) is 5.91 Å². The van der Waals surface area contributed by atoms with Gasteiger partial charge in [0.25, 0.3) is 0 Å². The van der Waals surface area contributed by atoms with Crippen LogP contribution in [-0.2, 0) is 11.2 Å². The van der Waals surface area contributed by atoms with Gasteiger partial charge in [-0.25, -0.2) is 0 Å². The van der Waals surface area contributed by atoms with Crippen molar-refractivity contribution >= 4 is 23.2 Å². The SMILES string of the molecule is O=C1C2CCCN=C2CC2c3ccc(Cl)cc3CCN12. The standard InChI is InChI=1S/C16H17ClN2O/c17-11-3-4-12-10(8-11)5-7-19-15(12)9-14-13(16(19)20)2-1-6-18-14/h3-4,8,13,15H,1-2,5-7,9H2. The molecule has 0 spiro atoms. The number of hydrogen-bond acceptors (Lipinski definition) is 2. The smallest absolute Gasteiger partial charge is 0.231 e. The molecule has 1 aromatic carbocycles. The Morgan fingerprint density at radius 1 is 1.35 bits per heavy atom. The Bertz CT molecular complexity index is 610. The Labute approximate surface area is 123 Å². The van der Waals surface area contributed by atoms with Crippen LogP contribution < -0.4 is 0 Å². The third kappa shape index (κ3) is 1.80. The molecule has 4 heteroatoms. The van der Waals surface area contributed by atoms with Gasteiger partial charge in [0.15, 0.2) is 0 Å². The van der Waals surface area contributed by atoms with E-state index in [2.05, 4.69) is 16.0 Å². The Hall–Kier alpha value is -1.35. The van der Waals surface area contributed by atoms with Crippen LogP contribution in [-0.4, -0.2) is 29.6 Å². The molecule has 0 aromatic heterocycles. The maximum Gasteiger partial charge on any atom is 0.231 e. The van der Waals surface area contributed by atoms with Gasteiger partial charge in [-0.05, 0) is 42.5 Å². The summed E-state index contributed by atoms with van der Waals surface area (Å²) in [6.07, 6.45) is 3.85. The highest BCUT2D eigenvalue weighted by Crippen LogP contribution is 2.40. The Morgan fingerprint density at radius 2 is 2.25 bits per heavy atom. The molecule has 1 amide bonds. The van der Waals surface area contributed by atoms with E-state index < -0.39 is 0 Å². The van der Waals surface area contributed by atoms with E-state index in [0.29, 0.717) is 5.91 Å². The monoisotopic (exact) mass is 288 g/mol. The molecular formula is C16H17ClN2O. The molecule has 0 aliphatic carbocycles. The van der Waals surface area contributed by atoms with Crippen molar-refractivity contribution in [2.45, 2.75) is 31.7 Å². The predicted molar refractivity (Wildman–Crippen MR) is 79.3 cm³/mol. The van der Waals surface area contributed by atoms with Gasteiger partial charge in [-0.3, -0.25) is 9.79 Å². The third-order valence-corrected chi connectivity index (χ3v) is 5.05. The fourth-order valence-corrected chi connectivity index (χ4v) is 4.03. The van der Waals surface area contributed by atoms with Crippen LogP contribution >= 0.6 is 11.6 Å². The van der Waals surface area contributed by atoms with Gasteiger partial charge >= 0.3 is 0 Å². The van der Waals surface area contributed by atoms with Crippen molar-refractivity contribution in [3.63, 3.8) is 0 Å². The van der Waals surface area contributed by atoms with Crippen LogP contribution in [0.4, 0.5) is 0 Å². The molecule has 2 unspecified atom stereocenters. The summed E-state index contributed by atoms with van der Waals surface area (Å²) >= 11 is 6.09. The number of amides is 1. The van der Waals surface area contributed by atoms with Gasteiger partial charge < -0.3 is 4.90 Å². The van der Waals surface area contributed by atoms with E-state index in [9.17, 15) is 4.79 Å². The second kappa shape index (κ2) is 4.59. The average molecular weight is 289 g/mol. The summed E-state index contributed by atoms with van der Waals surface area (Å²) in [7, 11) is 0. The number of halogens is 1. The minimum Gasteiger partial charge on any atom is -0.334 e. The molecule has 3 heterocycles. The van der Waals surface area contributed by atoms with Crippen molar-refractivity contribution in [2.24, 2.45) is 10.9 Å². The van der Waals surface area contributed by atoms with Gasteiger partial charge in [0.1, 0.15) is 0 Å². The lowest BCUT2D eigenvalue weighted by atomic mass is 9.79. The molecule has 1 saturated heterocycles. The van der Waals surface area contributed by atoms with E-state index in [-0.39, 0.29) is 12.0 Å². The normalized spacial score (nSPS) is 28.4. The number of benzene rings is 1. The van der Waals surface area contributed by atoms with Crippen molar-refractivity contribution in [1.82, 2.24) is 4.90 Å². The maximum absolute atomic E-state index is 12.7. The van der Waals surface area contributed by atoms with Crippen LogP contribution in [0.15, 0.2) is 23.2 Å². The number of carbonyl (C=O) groups is 1. The molecule has 3 aliphatic heterocycles. The lowest BCUT2D eigenvalue weighted by molar-refractivity contribution is -0.138. The highest BCUT2D eigenvalue weighted by Gasteiger charge is 2.42. The molecule has 0 bridgehead atoms. The zero-order valence-corrected chi connectivity index (χ0v) is 12.1. The second-order valence-electron chi connectivity index (χ2n) is 5.91. The van der Waals surface area contributed by atoms with E-state index >= 15 is 0 Å². The molecule has 2 atom stereocenters. The minimum absolute atomic E-state index is 0.0638. The molecule has 20 heavy (non-hydrogen) atoms. The van der Waals surface area contributed by atoms with Crippen molar-refractivity contribution in [3.05, 3.63) is 34.3 Å². The number of fused-ring (bicyclic) bond motifs is 4. The third-order valence-electron chi connectivity index (χ3n) is 4.81. The topological polar surface area (TPSA) is 32.7 Å². The molecule has 0 saturated carbocycles. The lowest BCUT2D eigenvalue weighted by Gasteiger charge is -2.44. The number of carbonyl (C=O) groups excluding carboxylic acids is 1. The van der Waals surface area contributed by atoms with Crippen molar-refractivity contribution in [1.29, 1.82) is 0 Å². The predicted octanol–water partition coefficient (Wildman–Crippen LogP) is 3.02. The number of hydrogen-bond donors (Lipinski definition) is 0. The molecule has 3 aliphatic rings. The minimum atomic E-state index is 0.0638. The molecule has 1 fully saturated rings. The summed E-state index contributed by atoms with van der Waals surface area (Å²) in [5.41, 5.74) is 3.69. The van der Waals surface area contributed by atoms with Crippen LogP contribution in [0, 0.1) is 5.92 Å². The van der Waals surface area contributed by atoms with Crippen LogP contribution in [0.1, 0.15) is 36.4 Å². The number of aliphatic imine (C=N–C) groups is 1. The largest absolute Gasteiger partial charge is 0.334 e. The zero-order chi connectivity index (χ0) is 13.7. The highest BCUT2D eigenvalue weighted by atomic mass is 35.5. The Balaban J connectivity index is 1.76. The second-order valence-corrected chi connectivity index (χ2v) is 6.35. The summed E-state index contributed by atoms with van der Waals surface area (Å²) in [5.74, 6) is 0.356. The van der Waals surface area contributed by atoms with Crippen LogP contribution in [0.3, 0.4) is 0 Å². The first-order chi connectivity index (χ1) is 9.74. The van der Waals surface area contributed by atoms with Gasteiger partial charge in [0.05, 0.1) is 12.0 Å². The zero-order valence-electron chi connectivity index (χ0n) is 11.3. The summed E-state index contributed by atoms with van der Waals surface area (Å²) in [4.78, 5) is 19.4. The fourth-order valence-electron chi connectivity index (χ4n) is 3.83. The number of piperidine rings is 1. The number of nitrogens with zero attached hydrogens (tertiary/aromatic N) is 2. The van der Waals surface area contributed by atoms with E-state index in [1.165, 1.54) is 11.1 Å². The molecule has 1 aromatic rings. The summed E-state index contributed by atoms with van der Waals surface area (Å²) < 4.78 is 0. The van der Waals surface area contributed by atoms with E-state index in [1.54, 1.807) is 0 Å². The first-order valence-electron chi connectivity index (χ1n) is 7.36. The molecular weight excluding hydrogens is 272 g/mol. The summed E-state index contributed by atoms with van der Waals surface area (Å²) in [6.45, 7) is 1.71. The van der Waals surface area contributed by atoms with Crippen LogP contribution in [0.5, 0.6) is 0 Å². The highest BCUT2D eigenvalue weighted by molar-refractivity contribution is 6.30. The van der Waals surface area contributed by atoms with Crippen LogP contribution in [0.2, 0.25) is 5.02 Å². The maximum atomic E-state index is 12.7. The van der Waals surface area contributed by atoms with Crippen molar-refractivity contribution < 1.29 is 4.79 Å². The molecule has 3 nitrogen and oxygen atoms in total. The molecule has 0 radical (unpaired) electrons. The lowest BCUT2D eigenvalue weighted by Crippen LogP contribution is -2.51. The van der Waals surface area contributed by atoms with E-state index in [4.69, 9.17) is 11.6 Å². The Morgan fingerprint density at radius 3 is 3.15 bits per heavy atom. The van der Waals surface area contributed by atoms with Crippen molar-refractivity contribution in [3.8, 4) is 0 Å². The van der Waals surface area contributed by atoms with E-state index in [1.807, 2.05) is 12.1 Å². The van der Waals surface area contributed by atoms with Gasteiger partial charge in [0, 0.05) is 30.2 Å². The quantitative estimate of drug-likeness (QED) is 0.722. The van der Waals surface area contributed by atoms with Gasteiger partial charge in [-0.2, -0.15) is 0 Å². The van der Waals surface area contributed by atoms with Gasteiger partial charge in [-0.1, -0.05) is 17.7 Å². The molecule has 104 valence electrons. The molecule has 4 rings (SSSR count). The Kier molecular flexibility index (Phi) is 2.84. The summed E-state index contributed by atoms with van der Waals surface area (Å²) in [5, 5.41) is 0.784. The fraction of sp³-hybridized carbons (Fsp3) is 0.500. The first kappa shape index (κ1) is 12.4. The summed E-state index contributed by atoms with van der Waals surface area (Å²) in [6, 6.07) is 6.25.